The highest BCUT2D eigenvalue weighted by atomic mass is 15.3. The Morgan fingerprint density at radius 3 is 2.65 bits per heavy atom. The van der Waals surface area contributed by atoms with Crippen LogP contribution in [0.1, 0.15) is 12.6 Å². The van der Waals surface area contributed by atoms with Gasteiger partial charge in [0.2, 0.25) is 0 Å². The summed E-state index contributed by atoms with van der Waals surface area (Å²) in [5.74, 6) is 1.59. The smallest absolute Gasteiger partial charge is 0.151 e. The van der Waals surface area contributed by atoms with Gasteiger partial charge in [0.25, 0.3) is 0 Å². The molecule has 0 radical (unpaired) electrons. The molecule has 94 valence electrons. The van der Waals surface area contributed by atoms with E-state index in [1.54, 1.807) is 12.4 Å². The second kappa shape index (κ2) is 4.98. The molecular formula is C12H21N5. The molecule has 0 aliphatic carbocycles. The zero-order valence-corrected chi connectivity index (χ0v) is 10.8. The van der Waals surface area contributed by atoms with Crippen LogP contribution in [0.15, 0.2) is 12.4 Å². The van der Waals surface area contributed by atoms with E-state index in [1.165, 1.54) is 0 Å². The molecule has 2 unspecified atom stereocenters. The van der Waals surface area contributed by atoms with Gasteiger partial charge >= 0.3 is 0 Å². The van der Waals surface area contributed by atoms with E-state index in [2.05, 4.69) is 40.8 Å². The lowest BCUT2D eigenvalue weighted by molar-refractivity contribution is 0.266. The molecule has 0 spiro atoms. The first-order chi connectivity index (χ1) is 8.13. The summed E-state index contributed by atoms with van der Waals surface area (Å²) in [5.41, 5.74) is 6.60. The van der Waals surface area contributed by atoms with E-state index in [1.807, 2.05) is 0 Å². The highest BCUT2D eigenvalue weighted by Crippen LogP contribution is 2.25. The predicted octanol–water partition coefficient (Wildman–Crippen LogP) is 0.322. The SMILES string of the molecule is CC1CN(c2nccnc2CN)CC1N(C)C. The van der Waals surface area contributed by atoms with Crippen LogP contribution in [-0.2, 0) is 6.54 Å². The van der Waals surface area contributed by atoms with Gasteiger partial charge < -0.3 is 15.5 Å². The average Bonchev–Trinajstić information content (AvgIpc) is 2.71. The van der Waals surface area contributed by atoms with Crippen molar-refractivity contribution in [1.82, 2.24) is 14.9 Å². The molecule has 0 aromatic carbocycles. The molecule has 2 atom stereocenters. The number of rotatable bonds is 3. The Hall–Kier alpha value is -1.20. The summed E-state index contributed by atoms with van der Waals surface area (Å²) >= 11 is 0. The van der Waals surface area contributed by atoms with Gasteiger partial charge in [-0.3, -0.25) is 4.98 Å². The standard InChI is InChI=1S/C12H21N5/c1-9-7-17(8-11(9)16(2)3)12-10(6-13)14-4-5-15-12/h4-5,9,11H,6-8,13H2,1-3H3. The van der Waals surface area contributed by atoms with Gasteiger partial charge in [-0.05, 0) is 20.0 Å². The normalized spacial score (nSPS) is 24.6. The summed E-state index contributed by atoms with van der Waals surface area (Å²) in [6, 6.07) is 0.572. The number of nitrogens with two attached hydrogens (primary N) is 1. The fourth-order valence-electron chi connectivity index (χ4n) is 2.56. The predicted molar refractivity (Wildman–Crippen MR) is 68.8 cm³/mol. The monoisotopic (exact) mass is 235 g/mol. The van der Waals surface area contributed by atoms with E-state index in [-0.39, 0.29) is 0 Å². The van der Waals surface area contributed by atoms with E-state index >= 15 is 0 Å². The van der Waals surface area contributed by atoms with E-state index in [0.29, 0.717) is 18.5 Å². The van der Waals surface area contributed by atoms with Crippen LogP contribution in [0, 0.1) is 5.92 Å². The van der Waals surface area contributed by atoms with E-state index in [4.69, 9.17) is 5.73 Å². The summed E-state index contributed by atoms with van der Waals surface area (Å²) < 4.78 is 0. The molecule has 1 aliphatic heterocycles. The second-order valence-corrected chi connectivity index (χ2v) is 4.94. The van der Waals surface area contributed by atoms with Gasteiger partial charge in [0, 0.05) is 38.1 Å². The minimum absolute atomic E-state index is 0.445. The highest BCUT2D eigenvalue weighted by Gasteiger charge is 2.32. The van der Waals surface area contributed by atoms with Crippen molar-refractivity contribution >= 4 is 5.82 Å². The summed E-state index contributed by atoms with van der Waals surface area (Å²) in [6.45, 7) is 4.75. The number of nitrogens with zero attached hydrogens (tertiary/aromatic N) is 4. The third kappa shape index (κ3) is 2.40. The Morgan fingerprint density at radius 1 is 1.35 bits per heavy atom. The van der Waals surface area contributed by atoms with Gasteiger partial charge in [-0.25, -0.2) is 4.98 Å². The fraction of sp³-hybridized carbons (Fsp3) is 0.667. The van der Waals surface area contributed by atoms with Crippen molar-refractivity contribution in [3.8, 4) is 0 Å². The first-order valence-electron chi connectivity index (χ1n) is 6.04. The van der Waals surface area contributed by atoms with Crippen LogP contribution < -0.4 is 10.6 Å². The van der Waals surface area contributed by atoms with E-state index in [9.17, 15) is 0 Å². The van der Waals surface area contributed by atoms with Gasteiger partial charge in [-0.15, -0.1) is 0 Å². The Kier molecular flexibility index (Phi) is 3.59. The van der Waals surface area contributed by atoms with Gasteiger partial charge in [0.1, 0.15) is 0 Å². The quantitative estimate of drug-likeness (QED) is 0.817. The Morgan fingerprint density at radius 2 is 2.06 bits per heavy atom. The van der Waals surface area contributed by atoms with Crippen molar-refractivity contribution in [3.05, 3.63) is 18.1 Å². The lowest BCUT2D eigenvalue weighted by atomic mass is 10.1. The van der Waals surface area contributed by atoms with Crippen molar-refractivity contribution in [2.75, 3.05) is 32.1 Å². The van der Waals surface area contributed by atoms with Crippen molar-refractivity contribution in [3.63, 3.8) is 0 Å². The van der Waals surface area contributed by atoms with Crippen LogP contribution in [-0.4, -0.2) is 48.1 Å². The summed E-state index contributed by atoms with van der Waals surface area (Å²) in [5, 5.41) is 0. The van der Waals surface area contributed by atoms with Crippen molar-refractivity contribution in [2.45, 2.75) is 19.5 Å². The van der Waals surface area contributed by atoms with Crippen molar-refractivity contribution in [2.24, 2.45) is 11.7 Å². The van der Waals surface area contributed by atoms with E-state index < -0.39 is 0 Å². The molecule has 5 nitrogen and oxygen atoms in total. The first-order valence-corrected chi connectivity index (χ1v) is 6.04. The second-order valence-electron chi connectivity index (χ2n) is 4.94. The molecule has 1 aliphatic rings. The molecule has 2 N–H and O–H groups in total. The maximum absolute atomic E-state index is 5.71. The molecule has 1 fully saturated rings. The molecule has 2 heterocycles. The van der Waals surface area contributed by atoms with Crippen LogP contribution in [0.5, 0.6) is 0 Å². The maximum Gasteiger partial charge on any atom is 0.151 e. The first kappa shape index (κ1) is 12.3. The van der Waals surface area contributed by atoms with Crippen molar-refractivity contribution in [1.29, 1.82) is 0 Å². The molecule has 1 aromatic rings. The lowest BCUT2D eigenvalue weighted by Gasteiger charge is -2.23. The molecule has 5 heteroatoms. The summed E-state index contributed by atoms with van der Waals surface area (Å²) in [6.07, 6.45) is 3.44. The number of hydrogen-bond donors (Lipinski definition) is 1. The maximum atomic E-state index is 5.71. The molecule has 2 rings (SSSR count). The Labute approximate surface area is 103 Å². The molecular weight excluding hydrogens is 214 g/mol. The largest absolute Gasteiger partial charge is 0.353 e. The number of aromatic nitrogens is 2. The number of likely N-dealkylation sites (N-methyl/N-ethyl adjacent to an activating group) is 1. The third-order valence-corrected chi connectivity index (χ3v) is 3.48. The average molecular weight is 235 g/mol. The van der Waals surface area contributed by atoms with Crippen LogP contribution in [0.2, 0.25) is 0 Å². The molecule has 0 bridgehead atoms. The summed E-state index contributed by atoms with van der Waals surface area (Å²) in [4.78, 5) is 13.3. The summed E-state index contributed by atoms with van der Waals surface area (Å²) in [7, 11) is 4.26. The Balaban J connectivity index is 2.19. The molecule has 1 saturated heterocycles. The zero-order valence-electron chi connectivity index (χ0n) is 10.8. The minimum atomic E-state index is 0.445. The van der Waals surface area contributed by atoms with Gasteiger partial charge in [-0.2, -0.15) is 0 Å². The highest BCUT2D eigenvalue weighted by molar-refractivity contribution is 5.44. The van der Waals surface area contributed by atoms with Gasteiger partial charge in [-0.1, -0.05) is 6.92 Å². The Bertz CT molecular complexity index is 379. The number of hydrogen-bond acceptors (Lipinski definition) is 5. The third-order valence-electron chi connectivity index (χ3n) is 3.48. The zero-order chi connectivity index (χ0) is 12.4. The number of anilines is 1. The van der Waals surface area contributed by atoms with Crippen LogP contribution >= 0.6 is 0 Å². The molecule has 1 aromatic heterocycles. The van der Waals surface area contributed by atoms with Gasteiger partial charge in [0.15, 0.2) is 5.82 Å². The van der Waals surface area contributed by atoms with Crippen molar-refractivity contribution < 1.29 is 0 Å². The fourth-order valence-corrected chi connectivity index (χ4v) is 2.56. The minimum Gasteiger partial charge on any atom is -0.353 e. The molecule has 0 saturated carbocycles. The van der Waals surface area contributed by atoms with Crippen LogP contribution in [0.3, 0.4) is 0 Å². The molecule has 17 heavy (non-hydrogen) atoms. The van der Waals surface area contributed by atoms with Crippen LogP contribution in [0.25, 0.3) is 0 Å². The van der Waals surface area contributed by atoms with Crippen LogP contribution in [0.4, 0.5) is 5.82 Å². The molecule has 0 amide bonds. The van der Waals surface area contributed by atoms with E-state index in [0.717, 1.165) is 24.6 Å². The topological polar surface area (TPSA) is 58.3 Å². The lowest BCUT2D eigenvalue weighted by Crippen LogP contribution is -2.34. The van der Waals surface area contributed by atoms with Gasteiger partial charge in [0.05, 0.1) is 5.69 Å².